The van der Waals surface area contributed by atoms with E-state index in [1.165, 1.54) is 16.7 Å². The largest absolute Gasteiger partial charge is 0.326 e. The summed E-state index contributed by atoms with van der Waals surface area (Å²) in [5.74, 6) is 0.270. The van der Waals surface area contributed by atoms with Crippen molar-refractivity contribution in [1.82, 2.24) is 5.32 Å². The molecule has 1 amide bonds. The molecule has 1 fully saturated rings. The van der Waals surface area contributed by atoms with Crippen LogP contribution in [0.2, 0.25) is 0 Å². The molecule has 0 atom stereocenters. The first kappa shape index (κ1) is 11.1. The second-order valence-corrected chi connectivity index (χ2v) is 4.52. The van der Waals surface area contributed by atoms with E-state index in [1.807, 2.05) is 6.07 Å². The van der Waals surface area contributed by atoms with Crippen molar-refractivity contribution in [3.63, 3.8) is 0 Å². The Hall–Kier alpha value is -1.35. The fourth-order valence-electron chi connectivity index (χ4n) is 1.80. The molecule has 0 radical (unpaired) electrons. The first-order valence-electron chi connectivity index (χ1n) is 5.68. The Bertz CT molecular complexity index is 422. The van der Waals surface area contributed by atoms with Crippen LogP contribution in [0.3, 0.4) is 0 Å². The van der Waals surface area contributed by atoms with Crippen LogP contribution in [0.1, 0.15) is 16.7 Å². The molecule has 0 bridgehead atoms. The van der Waals surface area contributed by atoms with Gasteiger partial charge in [-0.3, -0.25) is 4.79 Å². The predicted molar refractivity (Wildman–Crippen MR) is 65.6 cm³/mol. The Kier molecular flexibility index (Phi) is 2.97. The van der Waals surface area contributed by atoms with Crippen LogP contribution in [-0.4, -0.2) is 19.0 Å². The molecule has 2 rings (SSSR count). The molecular weight excluding hydrogens is 200 g/mol. The van der Waals surface area contributed by atoms with Gasteiger partial charge in [0, 0.05) is 18.8 Å². The van der Waals surface area contributed by atoms with Gasteiger partial charge in [-0.05, 0) is 43.5 Å². The van der Waals surface area contributed by atoms with Crippen LogP contribution in [0.4, 0.5) is 5.69 Å². The number of hydrogen-bond acceptors (Lipinski definition) is 2. The van der Waals surface area contributed by atoms with Crippen LogP contribution in [0, 0.1) is 26.7 Å². The van der Waals surface area contributed by atoms with E-state index in [2.05, 4.69) is 37.5 Å². The fraction of sp³-hybridized carbons (Fsp3) is 0.462. The number of carbonyl (C=O) groups is 1. The summed E-state index contributed by atoms with van der Waals surface area (Å²) in [6.45, 7) is 7.83. The minimum atomic E-state index is 0.130. The van der Waals surface area contributed by atoms with Crippen molar-refractivity contribution < 1.29 is 4.79 Å². The molecule has 1 aromatic rings. The number of anilines is 1. The van der Waals surface area contributed by atoms with Gasteiger partial charge >= 0.3 is 0 Å². The summed E-state index contributed by atoms with van der Waals surface area (Å²) in [5.41, 5.74) is 4.63. The lowest BCUT2D eigenvalue weighted by Gasteiger charge is -2.26. The van der Waals surface area contributed by atoms with Crippen molar-refractivity contribution in [3.05, 3.63) is 28.8 Å². The molecule has 0 spiro atoms. The SMILES string of the molecule is Cc1ccc(NC(=O)C2CNC2)c(C)c1C. The van der Waals surface area contributed by atoms with E-state index in [-0.39, 0.29) is 11.8 Å². The lowest BCUT2D eigenvalue weighted by molar-refractivity contribution is -0.121. The summed E-state index contributed by atoms with van der Waals surface area (Å²) in [6, 6.07) is 4.04. The number of aryl methyl sites for hydroxylation is 1. The standard InChI is InChI=1S/C13H18N2O/c1-8-4-5-12(10(3)9(8)2)15-13(16)11-6-14-7-11/h4-5,11,14H,6-7H2,1-3H3,(H,15,16). The van der Waals surface area contributed by atoms with Gasteiger partial charge in [-0.25, -0.2) is 0 Å². The Morgan fingerprint density at radius 2 is 1.94 bits per heavy atom. The smallest absolute Gasteiger partial charge is 0.230 e. The maximum atomic E-state index is 11.8. The monoisotopic (exact) mass is 218 g/mol. The number of hydrogen-bond donors (Lipinski definition) is 2. The molecule has 1 aliphatic rings. The molecule has 86 valence electrons. The Labute approximate surface area is 96.2 Å². The summed E-state index contributed by atoms with van der Waals surface area (Å²) < 4.78 is 0. The number of carbonyl (C=O) groups excluding carboxylic acids is 1. The van der Waals surface area contributed by atoms with Gasteiger partial charge < -0.3 is 10.6 Å². The highest BCUT2D eigenvalue weighted by molar-refractivity contribution is 5.94. The summed E-state index contributed by atoms with van der Waals surface area (Å²) in [7, 11) is 0. The van der Waals surface area contributed by atoms with Gasteiger partial charge in [0.2, 0.25) is 5.91 Å². The van der Waals surface area contributed by atoms with E-state index in [1.54, 1.807) is 0 Å². The van der Waals surface area contributed by atoms with Crippen LogP contribution < -0.4 is 10.6 Å². The highest BCUT2D eigenvalue weighted by atomic mass is 16.2. The first-order valence-corrected chi connectivity index (χ1v) is 5.68. The van der Waals surface area contributed by atoms with Crippen molar-refractivity contribution in [1.29, 1.82) is 0 Å². The zero-order valence-corrected chi connectivity index (χ0v) is 10.1. The topological polar surface area (TPSA) is 41.1 Å². The molecule has 0 aliphatic carbocycles. The second-order valence-electron chi connectivity index (χ2n) is 4.52. The average Bonchev–Trinajstić information content (AvgIpc) is 2.16. The van der Waals surface area contributed by atoms with Gasteiger partial charge in [0.15, 0.2) is 0 Å². The average molecular weight is 218 g/mol. The maximum Gasteiger partial charge on any atom is 0.230 e. The Balaban J connectivity index is 2.15. The summed E-state index contributed by atoms with van der Waals surface area (Å²) in [6.07, 6.45) is 0. The molecule has 3 nitrogen and oxygen atoms in total. The third kappa shape index (κ3) is 1.95. The fourth-order valence-corrected chi connectivity index (χ4v) is 1.80. The van der Waals surface area contributed by atoms with Crippen molar-refractivity contribution in [2.75, 3.05) is 18.4 Å². The molecule has 1 aliphatic heterocycles. The van der Waals surface area contributed by atoms with Gasteiger partial charge in [0.1, 0.15) is 0 Å². The lowest BCUT2D eigenvalue weighted by atomic mass is 10.00. The van der Waals surface area contributed by atoms with E-state index in [4.69, 9.17) is 0 Å². The highest BCUT2D eigenvalue weighted by Crippen LogP contribution is 2.22. The van der Waals surface area contributed by atoms with Crippen molar-refractivity contribution >= 4 is 11.6 Å². The predicted octanol–water partition coefficient (Wildman–Crippen LogP) is 1.77. The van der Waals surface area contributed by atoms with Crippen LogP contribution in [-0.2, 0) is 4.79 Å². The third-order valence-electron chi connectivity index (χ3n) is 3.47. The zero-order chi connectivity index (χ0) is 11.7. The molecule has 0 saturated carbocycles. The van der Waals surface area contributed by atoms with Gasteiger partial charge in [-0.2, -0.15) is 0 Å². The quantitative estimate of drug-likeness (QED) is 0.794. The molecule has 0 aromatic heterocycles. The van der Waals surface area contributed by atoms with Crippen molar-refractivity contribution in [3.8, 4) is 0 Å². The minimum absolute atomic E-state index is 0.130. The molecule has 3 heteroatoms. The molecule has 1 heterocycles. The minimum Gasteiger partial charge on any atom is -0.326 e. The maximum absolute atomic E-state index is 11.8. The zero-order valence-electron chi connectivity index (χ0n) is 10.1. The van der Waals surface area contributed by atoms with Crippen LogP contribution in [0.25, 0.3) is 0 Å². The van der Waals surface area contributed by atoms with Crippen molar-refractivity contribution in [2.24, 2.45) is 5.92 Å². The van der Waals surface area contributed by atoms with E-state index >= 15 is 0 Å². The summed E-state index contributed by atoms with van der Waals surface area (Å²) in [4.78, 5) is 11.8. The second kappa shape index (κ2) is 4.26. The Morgan fingerprint density at radius 3 is 2.50 bits per heavy atom. The van der Waals surface area contributed by atoms with E-state index < -0.39 is 0 Å². The van der Waals surface area contributed by atoms with Crippen LogP contribution >= 0.6 is 0 Å². The number of rotatable bonds is 2. The normalized spacial score (nSPS) is 15.7. The van der Waals surface area contributed by atoms with E-state index in [9.17, 15) is 4.79 Å². The molecular formula is C13H18N2O. The summed E-state index contributed by atoms with van der Waals surface area (Å²) in [5, 5.41) is 6.10. The number of benzene rings is 1. The van der Waals surface area contributed by atoms with Gasteiger partial charge in [0.05, 0.1) is 5.92 Å². The van der Waals surface area contributed by atoms with Crippen LogP contribution in [0.15, 0.2) is 12.1 Å². The molecule has 0 unspecified atom stereocenters. The van der Waals surface area contributed by atoms with Crippen molar-refractivity contribution in [2.45, 2.75) is 20.8 Å². The lowest BCUT2D eigenvalue weighted by Crippen LogP contribution is -2.48. The molecule has 16 heavy (non-hydrogen) atoms. The summed E-state index contributed by atoms with van der Waals surface area (Å²) >= 11 is 0. The molecule has 1 saturated heterocycles. The molecule has 1 aromatic carbocycles. The van der Waals surface area contributed by atoms with Crippen LogP contribution in [0.5, 0.6) is 0 Å². The highest BCUT2D eigenvalue weighted by Gasteiger charge is 2.25. The third-order valence-corrected chi connectivity index (χ3v) is 3.47. The van der Waals surface area contributed by atoms with Gasteiger partial charge in [-0.15, -0.1) is 0 Å². The van der Waals surface area contributed by atoms with Gasteiger partial charge in [0.25, 0.3) is 0 Å². The molecule has 2 N–H and O–H groups in total. The Morgan fingerprint density at radius 1 is 1.25 bits per heavy atom. The first-order chi connectivity index (χ1) is 7.59. The number of amides is 1. The van der Waals surface area contributed by atoms with E-state index in [0.29, 0.717) is 0 Å². The van der Waals surface area contributed by atoms with Gasteiger partial charge in [-0.1, -0.05) is 6.07 Å². The van der Waals surface area contributed by atoms with E-state index in [0.717, 1.165) is 18.8 Å². The number of nitrogens with one attached hydrogen (secondary N) is 2.